The Morgan fingerprint density at radius 3 is 2.75 bits per heavy atom. The molecule has 0 heterocycles. The van der Waals surface area contributed by atoms with Crippen molar-refractivity contribution in [2.24, 2.45) is 5.73 Å². The maximum atomic E-state index is 12.7. The lowest BCUT2D eigenvalue weighted by Gasteiger charge is -1.98. The summed E-state index contributed by atoms with van der Waals surface area (Å²) < 4.78 is 12.7. The number of halogens is 1. The van der Waals surface area contributed by atoms with Gasteiger partial charge in [0, 0.05) is 0 Å². The van der Waals surface area contributed by atoms with Crippen LogP contribution in [-0.2, 0) is 4.79 Å². The van der Waals surface area contributed by atoms with Gasteiger partial charge in [-0.25, -0.2) is 9.18 Å². The van der Waals surface area contributed by atoms with E-state index in [-0.39, 0.29) is 0 Å². The van der Waals surface area contributed by atoms with E-state index in [0.29, 0.717) is 19.4 Å². The molecule has 0 saturated carbocycles. The monoisotopic (exact) mass is 177 g/mol. The molecule has 0 aliphatic heterocycles. The first-order valence-electron chi connectivity index (χ1n) is 3.71. The number of nitrogens with two attached hydrogens (primary N) is 1. The van der Waals surface area contributed by atoms with Crippen LogP contribution in [0.2, 0.25) is 0 Å². The number of carboxylic acids is 1. The Labute approximate surface area is 70.0 Å². The highest BCUT2D eigenvalue weighted by Gasteiger charge is 2.20. The average Bonchev–Trinajstić information content (AvgIpc) is 2.03. The number of hydrogen-bond acceptors (Lipinski definition) is 2. The fraction of sp³-hybridized carbons (Fsp3) is 0.571. The van der Waals surface area contributed by atoms with Crippen molar-refractivity contribution in [2.75, 3.05) is 6.54 Å². The van der Waals surface area contributed by atoms with E-state index < -0.39 is 17.8 Å². The fourth-order valence-corrected chi connectivity index (χ4v) is 0.618. The van der Waals surface area contributed by atoms with Crippen molar-refractivity contribution >= 4 is 5.97 Å². The van der Waals surface area contributed by atoms with E-state index in [0.717, 1.165) is 0 Å². The van der Waals surface area contributed by atoms with Gasteiger partial charge in [0.2, 0.25) is 6.04 Å². The predicted molar refractivity (Wildman–Crippen MR) is 41.8 cm³/mol. The van der Waals surface area contributed by atoms with Crippen LogP contribution in [0.15, 0.2) is 11.9 Å². The van der Waals surface area contributed by atoms with Crippen molar-refractivity contribution in [2.45, 2.75) is 18.9 Å². The first-order valence-corrected chi connectivity index (χ1v) is 3.71. The van der Waals surface area contributed by atoms with Gasteiger partial charge in [-0.1, -0.05) is 0 Å². The Balaban J connectivity index is 3.90. The standard InChI is InChI=1S/C7H13FN2O2/c8-5(3-1-2-4-9)6(10)7(11)12/h3,6H,1-2,4,9-10H2,(H,11,12)/p+1/b5-3+. The Kier molecular flexibility index (Phi) is 5.23. The molecule has 0 aromatic heterocycles. The van der Waals surface area contributed by atoms with Gasteiger partial charge in [-0.05, 0) is 25.5 Å². The quantitative estimate of drug-likeness (QED) is 0.484. The molecule has 0 rings (SSSR count). The minimum absolute atomic E-state index is 0.460. The molecule has 0 aromatic rings. The van der Waals surface area contributed by atoms with Crippen LogP contribution in [0.1, 0.15) is 12.8 Å². The molecule has 70 valence electrons. The second-order valence-corrected chi connectivity index (χ2v) is 2.41. The van der Waals surface area contributed by atoms with Gasteiger partial charge in [-0.2, -0.15) is 0 Å². The lowest BCUT2D eigenvalue weighted by Crippen LogP contribution is -2.65. The second-order valence-electron chi connectivity index (χ2n) is 2.41. The van der Waals surface area contributed by atoms with Crippen molar-refractivity contribution in [3.63, 3.8) is 0 Å². The average molecular weight is 177 g/mol. The molecule has 4 nitrogen and oxygen atoms in total. The van der Waals surface area contributed by atoms with E-state index in [4.69, 9.17) is 10.8 Å². The summed E-state index contributed by atoms with van der Waals surface area (Å²) in [5.41, 5.74) is 8.31. The van der Waals surface area contributed by atoms with Gasteiger partial charge in [-0.3, -0.25) is 0 Å². The summed E-state index contributed by atoms with van der Waals surface area (Å²) in [6.45, 7) is 0.471. The molecule has 6 N–H and O–H groups in total. The van der Waals surface area contributed by atoms with Crippen LogP contribution >= 0.6 is 0 Å². The van der Waals surface area contributed by atoms with Gasteiger partial charge in [-0.15, -0.1) is 0 Å². The van der Waals surface area contributed by atoms with Gasteiger partial charge in [0.05, 0.1) is 0 Å². The summed E-state index contributed by atoms with van der Waals surface area (Å²) in [4.78, 5) is 10.2. The molecule has 1 unspecified atom stereocenters. The van der Waals surface area contributed by atoms with Crippen LogP contribution in [0.25, 0.3) is 0 Å². The molecule has 0 saturated heterocycles. The molecule has 0 radical (unpaired) electrons. The molecule has 12 heavy (non-hydrogen) atoms. The summed E-state index contributed by atoms with van der Waals surface area (Å²) in [6.07, 6.45) is 2.33. The maximum absolute atomic E-state index is 12.7. The van der Waals surface area contributed by atoms with Crippen LogP contribution in [-0.4, -0.2) is 23.7 Å². The van der Waals surface area contributed by atoms with Crippen molar-refractivity contribution in [3.05, 3.63) is 11.9 Å². The van der Waals surface area contributed by atoms with Crippen LogP contribution in [0.5, 0.6) is 0 Å². The fourth-order valence-electron chi connectivity index (χ4n) is 0.618. The second kappa shape index (κ2) is 5.68. The number of rotatable bonds is 5. The van der Waals surface area contributed by atoms with Gasteiger partial charge >= 0.3 is 5.97 Å². The maximum Gasteiger partial charge on any atom is 0.369 e. The van der Waals surface area contributed by atoms with Crippen molar-refractivity contribution in [3.8, 4) is 0 Å². The molecule has 0 aliphatic carbocycles. The normalized spacial score (nSPS) is 14.4. The summed E-state index contributed by atoms with van der Waals surface area (Å²) in [7, 11) is 0. The molecule has 0 fully saturated rings. The lowest BCUT2D eigenvalue weighted by atomic mass is 10.2. The SMILES string of the molecule is NCCC/C=C(/F)C([NH3+])C(=O)O. The van der Waals surface area contributed by atoms with Gasteiger partial charge < -0.3 is 16.6 Å². The molecule has 1 atom stereocenters. The Morgan fingerprint density at radius 1 is 1.75 bits per heavy atom. The van der Waals surface area contributed by atoms with E-state index in [2.05, 4.69) is 5.73 Å². The summed E-state index contributed by atoms with van der Waals surface area (Å²) in [6, 6.07) is -1.29. The summed E-state index contributed by atoms with van der Waals surface area (Å²) in [5.74, 6) is -1.95. The van der Waals surface area contributed by atoms with E-state index in [9.17, 15) is 9.18 Å². The van der Waals surface area contributed by atoms with Crippen LogP contribution in [0, 0.1) is 0 Å². The number of allylic oxidation sites excluding steroid dienone is 1. The van der Waals surface area contributed by atoms with Crippen molar-refractivity contribution in [1.29, 1.82) is 0 Å². The van der Waals surface area contributed by atoms with Gasteiger partial charge in [0.15, 0.2) is 5.83 Å². The van der Waals surface area contributed by atoms with Crippen LogP contribution < -0.4 is 11.5 Å². The topological polar surface area (TPSA) is 91.0 Å². The number of aliphatic carboxylic acids is 1. The van der Waals surface area contributed by atoms with E-state index in [1.165, 1.54) is 6.08 Å². The van der Waals surface area contributed by atoms with E-state index >= 15 is 0 Å². The molecule has 5 heteroatoms. The van der Waals surface area contributed by atoms with Gasteiger partial charge in [0.1, 0.15) is 0 Å². The number of carboxylic acid groups (broad SMARTS) is 1. The zero-order valence-electron chi connectivity index (χ0n) is 6.79. The smallest absolute Gasteiger partial charge is 0.369 e. The Hall–Kier alpha value is -0.940. The van der Waals surface area contributed by atoms with Crippen molar-refractivity contribution in [1.82, 2.24) is 0 Å². The van der Waals surface area contributed by atoms with Crippen molar-refractivity contribution < 1.29 is 20.0 Å². The van der Waals surface area contributed by atoms with Crippen LogP contribution in [0.4, 0.5) is 4.39 Å². The third-order valence-electron chi connectivity index (χ3n) is 1.38. The number of hydrogen-bond donors (Lipinski definition) is 3. The molecule has 0 spiro atoms. The minimum Gasteiger partial charge on any atom is -0.477 e. The zero-order valence-corrected chi connectivity index (χ0v) is 6.79. The first kappa shape index (κ1) is 11.1. The molecule has 0 bridgehead atoms. The Morgan fingerprint density at radius 2 is 2.33 bits per heavy atom. The summed E-state index contributed by atoms with van der Waals surface area (Å²) >= 11 is 0. The molecular formula is C7H14FN2O2+. The van der Waals surface area contributed by atoms with E-state index in [1.807, 2.05) is 0 Å². The summed E-state index contributed by atoms with van der Waals surface area (Å²) in [5, 5.41) is 8.34. The third kappa shape index (κ3) is 4.05. The lowest BCUT2D eigenvalue weighted by molar-refractivity contribution is -0.399. The molecule has 0 amide bonds. The van der Waals surface area contributed by atoms with Crippen LogP contribution in [0.3, 0.4) is 0 Å². The largest absolute Gasteiger partial charge is 0.477 e. The number of quaternary nitrogens is 1. The highest BCUT2D eigenvalue weighted by Crippen LogP contribution is 2.03. The molecule has 0 aromatic carbocycles. The minimum atomic E-state index is -1.29. The van der Waals surface area contributed by atoms with Gasteiger partial charge in [0.25, 0.3) is 0 Å². The molecular weight excluding hydrogens is 163 g/mol. The van der Waals surface area contributed by atoms with E-state index in [1.54, 1.807) is 0 Å². The predicted octanol–water partition coefficient (Wildman–Crippen LogP) is -0.726. The first-order chi connectivity index (χ1) is 5.59. The highest BCUT2D eigenvalue weighted by atomic mass is 19.1. The highest BCUT2D eigenvalue weighted by molar-refractivity contribution is 5.74. The Bertz CT molecular complexity index is 182. The third-order valence-corrected chi connectivity index (χ3v) is 1.38. The molecule has 0 aliphatic rings. The number of unbranched alkanes of at least 4 members (excludes halogenated alkanes) is 1. The number of carbonyl (C=O) groups is 1. The zero-order chi connectivity index (χ0) is 9.56.